The zero-order chi connectivity index (χ0) is 13.1. The van der Waals surface area contributed by atoms with Crippen molar-refractivity contribution in [1.29, 1.82) is 0 Å². The highest BCUT2D eigenvalue weighted by Gasteiger charge is 2.06. The van der Waals surface area contributed by atoms with E-state index in [0.717, 1.165) is 11.1 Å². The van der Waals surface area contributed by atoms with Crippen LogP contribution in [0.3, 0.4) is 0 Å². The number of nitrogens with two attached hydrogens (primary N) is 2. The molecule has 0 saturated carbocycles. The van der Waals surface area contributed by atoms with Gasteiger partial charge in [0.2, 0.25) is 0 Å². The fourth-order valence-electron chi connectivity index (χ4n) is 1.68. The largest absolute Gasteiger partial charge is 0.424 e. The maximum Gasteiger partial charge on any atom is 0.308 e. The molecule has 2 rings (SSSR count). The van der Waals surface area contributed by atoms with Gasteiger partial charge in [-0.3, -0.25) is 4.79 Å². The van der Waals surface area contributed by atoms with Gasteiger partial charge in [0.1, 0.15) is 0 Å². The first kappa shape index (κ1) is 12.0. The van der Waals surface area contributed by atoms with Crippen LogP contribution in [0.25, 0.3) is 11.1 Å². The number of carbonyl (C=O) groups excluding carboxylic acids is 1. The zero-order valence-corrected chi connectivity index (χ0v) is 10.0. The number of benzene rings is 2. The monoisotopic (exact) mass is 242 g/mol. The molecule has 2 aromatic carbocycles. The van der Waals surface area contributed by atoms with Crippen LogP contribution in [-0.4, -0.2) is 5.97 Å². The maximum atomic E-state index is 11.0. The minimum atomic E-state index is -0.397. The van der Waals surface area contributed by atoms with Gasteiger partial charge in [-0.2, -0.15) is 0 Å². The average Bonchev–Trinajstić information content (AvgIpc) is 2.31. The molecule has 2 aromatic rings. The van der Waals surface area contributed by atoms with Crippen LogP contribution in [-0.2, 0) is 4.79 Å². The zero-order valence-electron chi connectivity index (χ0n) is 10.0. The molecule has 0 aromatic heterocycles. The van der Waals surface area contributed by atoms with Crippen molar-refractivity contribution in [1.82, 2.24) is 0 Å². The second kappa shape index (κ2) is 4.79. The van der Waals surface area contributed by atoms with E-state index in [4.69, 9.17) is 16.2 Å². The third-order valence-corrected chi connectivity index (χ3v) is 2.49. The average molecular weight is 242 g/mol. The van der Waals surface area contributed by atoms with E-state index in [2.05, 4.69) is 0 Å². The summed E-state index contributed by atoms with van der Waals surface area (Å²) < 4.78 is 5.04. The molecule has 0 radical (unpaired) electrons. The van der Waals surface area contributed by atoms with Gasteiger partial charge in [-0.05, 0) is 35.4 Å². The van der Waals surface area contributed by atoms with Gasteiger partial charge in [-0.25, -0.2) is 0 Å². The van der Waals surface area contributed by atoms with E-state index < -0.39 is 5.97 Å². The van der Waals surface area contributed by atoms with Gasteiger partial charge in [0.25, 0.3) is 0 Å². The van der Waals surface area contributed by atoms with Crippen LogP contribution in [0.5, 0.6) is 5.75 Å². The van der Waals surface area contributed by atoms with E-state index in [1.165, 1.54) is 6.92 Å². The highest BCUT2D eigenvalue weighted by molar-refractivity contribution is 5.76. The summed E-state index contributed by atoms with van der Waals surface area (Å²) in [5.41, 5.74) is 14.4. The molecule has 0 unspecified atom stereocenters. The Morgan fingerprint density at radius 1 is 1.06 bits per heavy atom. The highest BCUT2D eigenvalue weighted by atomic mass is 16.5. The normalized spacial score (nSPS) is 10.1. The molecule has 0 amide bonds. The summed E-state index contributed by atoms with van der Waals surface area (Å²) in [5, 5.41) is 0. The summed E-state index contributed by atoms with van der Waals surface area (Å²) in [6.45, 7) is 1.34. The Kier molecular flexibility index (Phi) is 3.19. The second-order valence-corrected chi connectivity index (χ2v) is 3.97. The van der Waals surface area contributed by atoms with Crippen molar-refractivity contribution in [3.8, 4) is 16.9 Å². The Bertz CT molecular complexity index is 594. The summed E-state index contributed by atoms with van der Waals surface area (Å²) in [7, 11) is 0. The molecule has 92 valence electrons. The molecule has 0 heterocycles. The van der Waals surface area contributed by atoms with Crippen molar-refractivity contribution in [3.63, 3.8) is 0 Å². The third kappa shape index (κ3) is 2.60. The van der Waals surface area contributed by atoms with E-state index in [-0.39, 0.29) is 0 Å². The van der Waals surface area contributed by atoms with E-state index in [1.54, 1.807) is 12.1 Å². The van der Waals surface area contributed by atoms with Crippen molar-refractivity contribution >= 4 is 17.3 Å². The Labute approximate surface area is 105 Å². The molecule has 4 N–H and O–H groups in total. The molecule has 0 saturated heterocycles. The van der Waals surface area contributed by atoms with Gasteiger partial charge in [-0.1, -0.05) is 18.2 Å². The minimum absolute atomic E-state index is 0.363. The van der Waals surface area contributed by atoms with Gasteiger partial charge in [-0.15, -0.1) is 0 Å². The molecule has 4 nitrogen and oxygen atoms in total. The van der Waals surface area contributed by atoms with E-state index in [1.807, 2.05) is 30.3 Å². The molecule has 0 aliphatic heterocycles. The minimum Gasteiger partial charge on any atom is -0.424 e. The Balaban J connectivity index is 2.43. The molecule has 0 spiro atoms. The lowest BCUT2D eigenvalue weighted by Gasteiger charge is -2.08. The van der Waals surface area contributed by atoms with Gasteiger partial charge < -0.3 is 16.2 Å². The number of hydrogen-bond acceptors (Lipinski definition) is 4. The highest BCUT2D eigenvalue weighted by Crippen LogP contribution is 2.29. The quantitative estimate of drug-likeness (QED) is 0.481. The Morgan fingerprint density at radius 2 is 1.78 bits per heavy atom. The van der Waals surface area contributed by atoms with Crippen LogP contribution in [0.2, 0.25) is 0 Å². The van der Waals surface area contributed by atoms with Gasteiger partial charge in [0.15, 0.2) is 5.75 Å². The molecule has 4 heteroatoms. The van der Waals surface area contributed by atoms with Crippen molar-refractivity contribution in [2.24, 2.45) is 0 Å². The van der Waals surface area contributed by atoms with Crippen molar-refractivity contribution < 1.29 is 9.53 Å². The number of hydrogen-bond donors (Lipinski definition) is 2. The SMILES string of the molecule is CC(=O)Oc1cc(-c2cccc(N)c2)ccc1N. The molecule has 0 fully saturated rings. The Hall–Kier alpha value is -2.49. The number of rotatable bonds is 2. The van der Waals surface area contributed by atoms with E-state index in [0.29, 0.717) is 17.1 Å². The molecular weight excluding hydrogens is 228 g/mol. The smallest absolute Gasteiger partial charge is 0.308 e. The third-order valence-electron chi connectivity index (χ3n) is 2.49. The van der Waals surface area contributed by atoms with Crippen LogP contribution >= 0.6 is 0 Å². The lowest BCUT2D eigenvalue weighted by atomic mass is 10.0. The molecule has 0 aliphatic rings. The van der Waals surface area contributed by atoms with Crippen LogP contribution in [0.15, 0.2) is 42.5 Å². The summed E-state index contributed by atoms with van der Waals surface area (Å²) in [5.74, 6) is -0.0335. The number of ether oxygens (including phenoxy) is 1. The van der Waals surface area contributed by atoms with Crippen LogP contribution in [0.4, 0.5) is 11.4 Å². The van der Waals surface area contributed by atoms with E-state index in [9.17, 15) is 4.79 Å². The van der Waals surface area contributed by atoms with Crippen LogP contribution < -0.4 is 16.2 Å². The first-order valence-electron chi connectivity index (χ1n) is 5.50. The second-order valence-electron chi connectivity index (χ2n) is 3.97. The molecular formula is C14H14N2O2. The predicted octanol–water partition coefficient (Wildman–Crippen LogP) is 2.44. The molecule has 0 atom stereocenters. The number of carbonyl (C=O) groups is 1. The Morgan fingerprint density at radius 3 is 2.44 bits per heavy atom. The fraction of sp³-hybridized carbons (Fsp3) is 0.0714. The van der Waals surface area contributed by atoms with Crippen LogP contribution in [0.1, 0.15) is 6.92 Å². The van der Waals surface area contributed by atoms with E-state index >= 15 is 0 Å². The lowest BCUT2D eigenvalue weighted by Crippen LogP contribution is -2.04. The standard InChI is InChI=1S/C14H14N2O2/c1-9(17)18-14-8-11(5-6-13(14)16)10-3-2-4-12(15)7-10/h2-8H,15-16H2,1H3. The number of nitrogen functional groups attached to an aromatic ring is 2. The van der Waals surface area contributed by atoms with Crippen molar-refractivity contribution in [2.45, 2.75) is 6.92 Å². The van der Waals surface area contributed by atoms with Gasteiger partial charge in [0.05, 0.1) is 5.69 Å². The molecule has 0 aliphatic carbocycles. The van der Waals surface area contributed by atoms with Crippen molar-refractivity contribution in [3.05, 3.63) is 42.5 Å². The predicted molar refractivity (Wildman–Crippen MR) is 72.0 cm³/mol. The topological polar surface area (TPSA) is 78.3 Å². The first-order chi connectivity index (χ1) is 8.56. The molecule has 0 bridgehead atoms. The van der Waals surface area contributed by atoms with Crippen molar-refractivity contribution in [2.75, 3.05) is 11.5 Å². The lowest BCUT2D eigenvalue weighted by molar-refractivity contribution is -0.131. The summed E-state index contributed by atoms with van der Waals surface area (Å²) in [6, 6.07) is 12.8. The number of esters is 1. The molecule has 18 heavy (non-hydrogen) atoms. The summed E-state index contributed by atoms with van der Waals surface area (Å²) in [6.07, 6.45) is 0. The van der Waals surface area contributed by atoms with Gasteiger partial charge in [0, 0.05) is 12.6 Å². The fourth-order valence-corrected chi connectivity index (χ4v) is 1.68. The maximum absolute atomic E-state index is 11.0. The van der Waals surface area contributed by atoms with Gasteiger partial charge >= 0.3 is 5.97 Å². The summed E-state index contributed by atoms with van der Waals surface area (Å²) in [4.78, 5) is 11.0. The first-order valence-corrected chi connectivity index (χ1v) is 5.50. The number of anilines is 2. The summed E-state index contributed by atoms with van der Waals surface area (Å²) >= 11 is 0. The van der Waals surface area contributed by atoms with Crippen LogP contribution in [0, 0.1) is 0 Å².